The number of carbonyl (C=O) groups excluding carboxylic acids is 2. The van der Waals surface area contributed by atoms with Gasteiger partial charge < -0.3 is 14.7 Å². The van der Waals surface area contributed by atoms with Gasteiger partial charge in [-0.05, 0) is 17.7 Å². The zero-order valence-corrected chi connectivity index (χ0v) is 14.3. The van der Waals surface area contributed by atoms with Gasteiger partial charge in [-0.3, -0.25) is 9.59 Å². The van der Waals surface area contributed by atoms with Crippen LogP contribution in [0.1, 0.15) is 5.56 Å². The number of benzene rings is 1. The molecule has 2 aromatic rings. The second-order valence-electron chi connectivity index (χ2n) is 6.11. The fourth-order valence-electron chi connectivity index (χ4n) is 2.91. The van der Waals surface area contributed by atoms with E-state index in [1.165, 1.54) is 4.90 Å². The van der Waals surface area contributed by atoms with Gasteiger partial charge >= 0.3 is 11.8 Å². The first kappa shape index (κ1) is 17.0. The molecule has 0 unspecified atom stereocenters. The zero-order valence-electron chi connectivity index (χ0n) is 14.3. The number of pyridine rings is 1. The van der Waals surface area contributed by atoms with E-state index in [2.05, 4.69) is 9.88 Å². The second-order valence-corrected chi connectivity index (χ2v) is 6.11. The number of anilines is 1. The number of amides is 2. The predicted octanol–water partition coefficient (Wildman–Crippen LogP) is 1.39. The van der Waals surface area contributed by atoms with E-state index < -0.39 is 11.8 Å². The van der Waals surface area contributed by atoms with E-state index in [0.717, 1.165) is 11.4 Å². The third kappa shape index (κ3) is 4.15. The van der Waals surface area contributed by atoms with Crippen molar-refractivity contribution in [3.05, 3.63) is 60.3 Å². The number of piperazine rings is 1. The van der Waals surface area contributed by atoms with Crippen LogP contribution in [0.2, 0.25) is 0 Å². The van der Waals surface area contributed by atoms with Gasteiger partial charge in [0, 0.05) is 46.0 Å². The van der Waals surface area contributed by atoms with Crippen molar-refractivity contribution in [2.45, 2.75) is 6.54 Å². The van der Waals surface area contributed by atoms with Crippen molar-refractivity contribution in [1.82, 2.24) is 14.8 Å². The van der Waals surface area contributed by atoms with Crippen molar-refractivity contribution in [2.75, 3.05) is 38.1 Å². The summed E-state index contributed by atoms with van der Waals surface area (Å²) in [5, 5.41) is 0. The molecular formula is C19H22N4O2. The summed E-state index contributed by atoms with van der Waals surface area (Å²) in [6, 6.07) is 15.4. The first-order valence-electron chi connectivity index (χ1n) is 8.39. The Balaban J connectivity index is 1.54. The van der Waals surface area contributed by atoms with Crippen LogP contribution in [-0.2, 0) is 16.1 Å². The van der Waals surface area contributed by atoms with Crippen molar-refractivity contribution in [1.29, 1.82) is 0 Å². The molecule has 1 aliphatic rings. The van der Waals surface area contributed by atoms with Crippen LogP contribution >= 0.6 is 0 Å². The monoisotopic (exact) mass is 338 g/mol. The van der Waals surface area contributed by atoms with E-state index in [9.17, 15) is 9.59 Å². The summed E-state index contributed by atoms with van der Waals surface area (Å²) in [6.45, 7) is 2.84. The van der Waals surface area contributed by atoms with Gasteiger partial charge in [0.25, 0.3) is 0 Å². The maximum absolute atomic E-state index is 12.5. The molecule has 25 heavy (non-hydrogen) atoms. The van der Waals surface area contributed by atoms with Crippen LogP contribution in [0.15, 0.2) is 54.7 Å². The topological polar surface area (TPSA) is 56.8 Å². The minimum atomic E-state index is -0.463. The third-order valence-electron chi connectivity index (χ3n) is 4.33. The Labute approximate surface area is 147 Å². The van der Waals surface area contributed by atoms with E-state index in [0.29, 0.717) is 32.7 Å². The molecule has 2 heterocycles. The molecule has 6 heteroatoms. The standard InChI is InChI=1S/C19H22N4O2/c1-21(15-16-7-3-2-4-8-16)18(24)19(25)23-13-11-22(12-14-23)17-9-5-6-10-20-17/h2-10H,11-15H2,1H3. The average molecular weight is 338 g/mol. The van der Waals surface area contributed by atoms with E-state index in [1.807, 2.05) is 48.5 Å². The Morgan fingerprint density at radius 2 is 1.68 bits per heavy atom. The summed E-state index contributed by atoms with van der Waals surface area (Å²) < 4.78 is 0. The molecule has 0 radical (unpaired) electrons. The highest BCUT2D eigenvalue weighted by molar-refractivity contribution is 6.34. The van der Waals surface area contributed by atoms with Gasteiger partial charge in [-0.1, -0.05) is 36.4 Å². The Bertz CT molecular complexity index is 713. The van der Waals surface area contributed by atoms with Crippen LogP contribution in [0.5, 0.6) is 0 Å². The maximum Gasteiger partial charge on any atom is 0.312 e. The number of carbonyl (C=O) groups is 2. The minimum absolute atomic E-state index is 0.430. The lowest BCUT2D eigenvalue weighted by atomic mass is 10.2. The Morgan fingerprint density at radius 3 is 2.32 bits per heavy atom. The van der Waals surface area contributed by atoms with E-state index in [4.69, 9.17) is 0 Å². The first-order chi connectivity index (χ1) is 12.1. The van der Waals surface area contributed by atoms with Crippen molar-refractivity contribution in [2.24, 2.45) is 0 Å². The minimum Gasteiger partial charge on any atom is -0.353 e. The summed E-state index contributed by atoms with van der Waals surface area (Å²) in [7, 11) is 1.66. The molecule has 0 bridgehead atoms. The highest BCUT2D eigenvalue weighted by Gasteiger charge is 2.28. The van der Waals surface area contributed by atoms with Crippen molar-refractivity contribution >= 4 is 17.6 Å². The average Bonchev–Trinajstić information content (AvgIpc) is 2.68. The predicted molar refractivity (Wildman–Crippen MR) is 95.9 cm³/mol. The van der Waals surface area contributed by atoms with Gasteiger partial charge in [0.05, 0.1) is 0 Å². The van der Waals surface area contributed by atoms with Crippen molar-refractivity contribution < 1.29 is 9.59 Å². The highest BCUT2D eigenvalue weighted by atomic mass is 16.2. The lowest BCUT2D eigenvalue weighted by Crippen LogP contribution is -2.53. The zero-order chi connectivity index (χ0) is 17.6. The van der Waals surface area contributed by atoms with Gasteiger partial charge in [0.2, 0.25) is 0 Å². The van der Waals surface area contributed by atoms with Crippen molar-refractivity contribution in [3.8, 4) is 0 Å². The van der Waals surface area contributed by atoms with Gasteiger partial charge in [-0.15, -0.1) is 0 Å². The van der Waals surface area contributed by atoms with Crippen LogP contribution in [0.3, 0.4) is 0 Å². The largest absolute Gasteiger partial charge is 0.353 e. The second kappa shape index (κ2) is 7.79. The van der Waals surface area contributed by atoms with Crippen LogP contribution in [0.25, 0.3) is 0 Å². The summed E-state index contributed by atoms with van der Waals surface area (Å²) in [6.07, 6.45) is 1.76. The van der Waals surface area contributed by atoms with Gasteiger partial charge in [0.1, 0.15) is 5.82 Å². The smallest absolute Gasteiger partial charge is 0.312 e. The quantitative estimate of drug-likeness (QED) is 0.794. The molecule has 2 amide bonds. The Hall–Kier alpha value is -2.89. The fourth-order valence-corrected chi connectivity index (χ4v) is 2.91. The SMILES string of the molecule is CN(Cc1ccccc1)C(=O)C(=O)N1CCN(c2ccccn2)CC1. The lowest BCUT2D eigenvalue weighted by Gasteiger charge is -2.35. The van der Waals surface area contributed by atoms with Gasteiger partial charge in [0.15, 0.2) is 0 Å². The molecule has 1 aromatic heterocycles. The van der Waals surface area contributed by atoms with E-state index in [-0.39, 0.29) is 0 Å². The number of aromatic nitrogens is 1. The Morgan fingerprint density at radius 1 is 1.00 bits per heavy atom. The Kier molecular flexibility index (Phi) is 5.28. The maximum atomic E-state index is 12.5. The molecule has 1 saturated heterocycles. The molecule has 0 spiro atoms. The fraction of sp³-hybridized carbons (Fsp3) is 0.316. The first-order valence-corrected chi connectivity index (χ1v) is 8.39. The summed E-state index contributed by atoms with van der Waals surface area (Å²) in [5.41, 5.74) is 1.01. The number of likely N-dealkylation sites (N-methyl/N-ethyl adjacent to an activating group) is 1. The molecule has 1 fully saturated rings. The molecule has 0 saturated carbocycles. The van der Waals surface area contributed by atoms with Crippen LogP contribution in [0, 0.1) is 0 Å². The molecule has 0 aliphatic carbocycles. The molecular weight excluding hydrogens is 316 g/mol. The summed E-state index contributed by atoms with van der Waals surface area (Å²) in [5.74, 6) is 0.0105. The van der Waals surface area contributed by atoms with Crippen molar-refractivity contribution in [3.63, 3.8) is 0 Å². The number of nitrogens with zero attached hydrogens (tertiary/aromatic N) is 4. The molecule has 1 aromatic carbocycles. The molecule has 130 valence electrons. The highest BCUT2D eigenvalue weighted by Crippen LogP contribution is 2.13. The molecule has 3 rings (SSSR count). The molecule has 0 atom stereocenters. The molecule has 6 nitrogen and oxygen atoms in total. The normalized spacial score (nSPS) is 14.3. The molecule has 1 aliphatic heterocycles. The van der Waals surface area contributed by atoms with Crippen LogP contribution in [-0.4, -0.2) is 59.8 Å². The van der Waals surface area contributed by atoms with Crippen LogP contribution < -0.4 is 4.90 Å². The van der Waals surface area contributed by atoms with Crippen LogP contribution in [0.4, 0.5) is 5.82 Å². The number of hydrogen-bond donors (Lipinski definition) is 0. The van der Waals surface area contributed by atoms with Gasteiger partial charge in [-0.25, -0.2) is 4.98 Å². The lowest BCUT2D eigenvalue weighted by molar-refractivity contribution is -0.151. The van der Waals surface area contributed by atoms with Gasteiger partial charge in [-0.2, -0.15) is 0 Å². The van der Waals surface area contributed by atoms with E-state index in [1.54, 1.807) is 18.1 Å². The summed E-state index contributed by atoms with van der Waals surface area (Å²) in [4.78, 5) is 34.4. The summed E-state index contributed by atoms with van der Waals surface area (Å²) >= 11 is 0. The number of rotatable bonds is 3. The van der Waals surface area contributed by atoms with E-state index >= 15 is 0 Å². The third-order valence-corrected chi connectivity index (χ3v) is 4.33. The number of hydrogen-bond acceptors (Lipinski definition) is 4. The molecule has 0 N–H and O–H groups in total.